The number of halogens is 1. The summed E-state index contributed by atoms with van der Waals surface area (Å²) in [5, 5.41) is 3.34. The summed E-state index contributed by atoms with van der Waals surface area (Å²) >= 11 is 0. The van der Waals surface area contributed by atoms with Crippen LogP contribution in [0, 0.1) is 13.8 Å². The first-order valence-electron chi connectivity index (χ1n) is 10.5. The maximum atomic E-state index is 12.9. The molecule has 162 valence electrons. The molecule has 2 amide bonds. The highest BCUT2D eigenvalue weighted by atomic mass is 35.5. The lowest BCUT2D eigenvalue weighted by atomic mass is 10.0. The number of likely N-dealkylation sites (tertiary alicyclic amines) is 1. The molecule has 6 nitrogen and oxygen atoms in total. The molecule has 7 heteroatoms. The lowest BCUT2D eigenvalue weighted by Crippen LogP contribution is -2.44. The molecule has 2 heterocycles. The van der Waals surface area contributed by atoms with E-state index in [1.807, 2.05) is 42.8 Å². The van der Waals surface area contributed by atoms with Gasteiger partial charge in [-0.3, -0.25) is 9.59 Å². The largest absolute Gasteiger partial charge is 0.483 e. The van der Waals surface area contributed by atoms with Crippen molar-refractivity contribution in [2.75, 3.05) is 39.8 Å². The van der Waals surface area contributed by atoms with Crippen molar-refractivity contribution in [2.45, 2.75) is 52.0 Å². The molecule has 1 aromatic carbocycles. The number of hydrogen-bond donors (Lipinski definition) is 1. The van der Waals surface area contributed by atoms with Gasteiger partial charge in [-0.15, -0.1) is 12.4 Å². The van der Waals surface area contributed by atoms with Gasteiger partial charge in [0.05, 0.1) is 0 Å². The van der Waals surface area contributed by atoms with Crippen molar-refractivity contribution < 1.29 is 14.3 Å². The van der Waals surface area contributed by atoms with E-state index in [2.05, 4.69) is 5.32 Å². The number of rotatable bonds is 5. The van der Waals surface area contributed by atoms with Gasteiger partial charge in [0.2, 0.25) is 0 Å². The highest BCUT2D eigenvalue weighted by Crippen LogP contribution is 2.26. The van der Waals surface area contributed by atoms with Crippen molar-refractivity contribution in [3.05, 3.63) is 28.8 Å². The molecule has 0 aliphatic carbocycles. The lowest BCUT2D eigenvalue weighted by Gasteiger charge is -2.32. The molecule has 3 rings (SSSR count). The molecule has 2 aliphatic heterocycles. The summed E-state index contributed by atoms with van der Waals surface area (Å²) in [4.78, 5) is 29.1. The highest BCUT2D eigenvalue weighted by Gasteiger charge is 2.24. The predicted octanol–water partition coefficient (Wildman–Crippen LogP) is 2.94. The third-order valence-corrected chi connectivity index (χ3v) is 5.93. The first kappa shape index (κ1) is 23.5. The standard InChI is InChI=1S/C22H33N3O3.ClH/c1-16-13-18(22(27)24(3)19-7-9-23-10-8-19)14-17(2)21(16)28-15-20(26)25-11-5-4-6-12-25;/h13-14,19,23H,4-12,15H2,1-3H3;1H. The number of piperidine rings is 2. The number of carbonyl (C=O) groups excluding carboxylic acids is 2. The van der Waals surface area contributed by atoms with Crippen LogP contribution in [0.4, 0.5) is 0 Å². The molecule has 29 heavy (non-hydrogen) atoms. The number of nitrogens with one attached hydrogen (secondary N) is 1. The van der Waals surface area contributed by atoms with Gasteiger partial charge in [0.15, 0.2) is 6.61 Å². The van der Waals surface area contributed by atoms with Crippen molar-refractivity contribution in [2.24, 2.45) is 0 Å². The van der Waals surface area contributed by atoms with Crippen molar-refractivity contribution in [3.63, 3.8) is 0 Å². The Morgan fingerprint density at radius 2 is 1.69 bits per heavy atom. The first-order chi connectivity index (χ1) is 13.5. The fraction of sp³-hybridized carbons (Fsp3) is 0.636. The first-order valence-corrected chi connectivity index (χ1v) is 10.5. The van der Waals surface area contributed by atoms with Crippen LogP contribution in [0.3, 0.4) is 0 Å². The Balaban J connectivity index is 0.00000300. The summed E-state index contributed by atoms with van der Waals surface area (Å²) < 4.78 is 5.87. The average Bonchev–Trinajstić information content (AvgIpc) is 2.73. The van der Waals surface area contributed by atoms with E-state index in [9.17, 15) is 9.59 Å². The molecular weight excluding hydrogens is 390 g/mol. The molecular formula is C22H34ClN3O3. The van der Waals surface area contributed by atoms with Crippen LogP contribution < -0.4 is 10.1 Å². The quantitative estimate of drug-likeness (QED) is 0.790. The predicted molar refractivity (Wildman–Crippen MR) is 117 cm³/mol. The van der Waals surface area contributed by atoms with Crippen molar-refractivity contribution >= 4 is 24.2 Å². The van der Waals surface area contributed by atoms with Crippen molar-refractivity contribution in [1.29, 1.82) is 0 Å². The van der Waals surface area contributed by atoms with E-state index >= 15 is 0 Å². The van der Waals surface area contributed by atoms with Gasteiger partial charge in [-0.2, -0.15) is 0 Å². The van der Waals surface area contributed by atoms with Gasteiger partial charge in [-0.25, -0.2) is 0 Å². The second-order valence-corrected chi connectivity index (χ2v) is 8.07. The molecule has 0 aromatic heterocycles. The minimum Gasteiger partial charge on any atom is -0.483 e. The second kappa shape index (κ2) is 10.8. The summed E-state index contributed by atoms with van der Waals surface area (Å²) in [5.41, 5.74) is 2.48. The average molecular weight is 424 g/mol. The maximum Gasteiger partial charge on any atom is 0.260 e. The Kier molecular flexibility index (Phi) is 8.78. The summed E-state index contributed by atoms with van der Waals surface area (Å²) in [7, 11) is 1.89. The molecule has 0 saturated carbocycles. The van der Waals surface area contributed by atoms with E-state index in [-0.39, 0.29) is 36.9 Å². The number of aryl methyl sites for hydroxylation is 2. The molecule has 1 N–H and O–H groups in total. The number of hydrogen-bond acceptors (Lipinski definition) is 4. The van der Waals surface area contributed by atoms with Gasteiger partial charge in [0, 0.05) is 31.7 Å². The lowest BCUT2D eigenvalue weighted by molar-refractivity contribution is -0.134. The Labute approximate surface area is 180 Å². The summed E-state index contributed by atoms with van der Waals surface area (Å²) in [5.74, 6) is 0.810. The molecule has 0 unspecified atom stereocenters. The molecule has 1 aromatic rings. The normalized spacial score (nSPS) is 17.4. The molecule has 0 bridgehead atoms. The molecule has 2 fully saturated rings. The number of amides is 2. The van der Waals surface area contributed by atoms with E-state index in [1.54, 1.807) is 0 Å². The maximum absolute atomic E-state index is 12.9. The van der Waals surface area contributed by atoms with Gasteiger partial charge in [-0.1, -0.05) is 0 Å². The van der Waals surface area contributed by atoms with E-state index in [0.29, 0.717) is 11.3 Å². The molecule has 0 atom stereocenters. The Hall–Kier alpha value is -1.79. The third kappa shape index (κ3) is 5.86. The number of nitrogens with zero attached hydrogens (tertiary/aromatic N) is 2. The van der Waals surface area contributed by atoms with Crippen LogP contribution in [0.1, 0.15) is 53.6 Å². The molecule has 2 saturated heterocycles. The summed E-state index contributed by atoms with van der Waals surface area (Å²) in [6.45, 7) is 7.51. The van der Waals surface area contributed by atoms with E-state index in [1.165, 1.54) is 6.42 Å². The van der Waals surface area contributed by atoms with Crippen LogP contribution in [-0.2, 0) is 4.79 Å². The zero-order valence-corrected chi connectivity index (χ0v) is 18.6. The topological polar surface area (TPSA) is 61.9 Å². The van der Waals surface area contributed by atoms with Gasteiger partial charge in [0.25, 0.3) is 11.8 Å². The second-order valence-electron chi connectivity index (χ2n) is 8.07. The Morgan fingerprint density at radius 3 is 2.28 bits per heavy atom. The van der Waals surface area contributed by atoms with Crippen LogP contribution >= 0.6 is 12.4 Å². The minimum absolute atomic E-state index is 0. The fourth-order valence-electron chi connectivity index (χ4n) is 4.23. The van der Waals surface area contributed by atoms with Gasteiger partial charge in [0.1, 0.15) is 5.75 Å². The Bertz CT molecular complexity index is 690. The van der Waals surface area contributed by atoms with Crippen molar-refractivity contribution in [1.82, 2.24) is 15.1 Å². The highest BCUT2D eigenvalue weighted by molar-refractivity contribution is 5.95. The Morgan fingerprint density at radius 1 is 1.10 bits per heavy atom. The fourth-order valence-corrected chi connectivity index (χ4v) is 4.23. The van der Waals surface area contributed by atoms with Crippen LogP contribution in [0.2, 0.25) is 0 Å². The van der Waals surface area contributed by atoms with Crippen LogP contribution in [-0.4, -0.2) is 67.5 Å². The van der Waals surface area contributed by atoms with Gasteiger partial charge >= 0.3 is 0 Å². The third-order valence-electron chi connectivity index (χ3n) is 5.93. The SMILES string of the molecule is Cc1cc(C(=O)N(C)C2CCNCC2)cc(C)c1OCC(=O)N1CCCCC1.Cl. The van der Waals surface area contributed by atoms with Crippen LogP contribution in [0.15, 0.2) is 12.1 Å². The number of carbonyl (C=O) groups is 2. The van der Waals surface area contributed by atoms with Crippen LogP contribution in [0.5, 0.6) is 5.75 Å². The smallest absolute Gasteiger partial charge is 0.260 e. The zero-order chi connectivity index (χ0) is 20.1. The monoisotopic (exact) mass is 423 g/mol. The minimum atomic E-state index is 0. The summed E-state index contributed by atoms with van der Waals surface area (Å²) in [6.07, 6.45) is 5.32. The van der Waals surface area contributed by atoms with E-state index in [4.69, 9.17) is 4.74 Å². The molecule has 0 radical (unpaired) electrons. The summed E-state index contributed by atoms with van der Waals surface area (Å²) in [6, 6.07) is 4.05. The van der Waals surface area contributed by atoms with Gasteiger partial charge in [-0.05, 0) is 82.3 Å². The van der Waals surface area contributed by atoms with Crippen LogP contribution in [0.25, 0.3) is 0 Å². The van der Waals surface area contributed by atoms with E-state index in [0.717, 1.165) is 63.0 Å². The zero-order valence-electron chi connectivity index (χ0n) is 17.8. The van der Waals surface area contributed by atoms with E-state index < -0.39 is 0 Å². The number of benzene rings is 1. The van der Waals surface area contributed by atoms with Crippen molar-refractivity contribution in [3.8, 4) is 5.75 Å². The molecule has 0 spiro atoms. The number of ether oxygens (including phenoxy) is 1. The van der Waals surface area contributed by atoms with Gasteiger partial charge < -0.3 is 19.9 Å². The molecule has 2 aliphatic rings.